The Hall–Kier alpha value is -1.68. The molecule has 1 saturated carbocycles. The summed E-state index contributed by atoms with van der Waals surface area (Å²) in [6, 6.07) is 5.63. The summed E-state index contributed by atoms with van der Waals surface area (Å²) in [5, 5.41) is 9.49. The monoisotopic (exact) mass is 258 g/mol. The number of aryl methyl sites for hydroxylation is 2. The molecule has 1 aliphatic rings. The van der Waals surface area contributed by atoms with Crippen LogP contribution in [0.25, 0.3) is 11.0 Å². The molecule has 0 atom stereocenters. The molecule has 0 unspecified atom stereocenters. The van der Waals surface area contributed by atoms with Gasteiger partial charge >= 0.3 is 0 Å². The van der Waals surface area contributed by atoms with Gasteiger partial charge < -0.3 is 9.67 Å². The van der Waals surface area contributed by atoms with E-state index in [-0.39, 0.29) is 12.4 Å². The van der Waals surface area contributed by atoms with Crippen LogP contribution >= 0.6 is 0 Å². The number of rotatable bonds is 3. The Kier molecular flexibility index (Phi) is 2.71. The van der Waals surface area contributed by atoms with E-state index in [2.05, 4.69) is 4.98 Å². The topological polar surface area (TPSA) is 55.1 Å². The van der Waals surface area contributed by atoms with Crippen LogP contribution in [0.1, 0.15) is 35.4 Å². The molecule has 1 aromatic heterocycles. The molecule has 0 bridgehead atoms. The van der Waals surface area contributed by atoms with Gasteiger partial charge in [-0.2, -0.15) is 0 Å². The summed E-state index contributed by atoms with van der Waals surface area (Å²) in [6.45, 7) is 1.90. The van der Waals surface area contributed by atoms with Crippen molar-refractivity contribution in [2.45, 2.75) is 26.2 Å². The van der Waals surface area contributed by atoms with E-state index in [1.165, 1.54) is 0 Å². The first-order valence-corrected chi connectivity index (χ1v) is 6.66. The van der Waals surface area contributed by atoms with Gasteiger partial charge in [-0.3, -0.25) is 4.79 Å². The third kappa shape index (κ3) is 1.70. The number of nitrogens with zero attached hydrogens (tertiary/aromatic N) is 2. The van der Waals surface area contributed by atoms with E-state index in [4.69, 9.17) is 0 Å². The van der Waals surface area contributed by atoms with Crippen molar-refractivity contribution < 1.29 is 9.90 Å². The van der Waals surface area contributed by atoms with Crippen LogP contribution in [0.5, 0.6) is 0 Å². The highest BCUT2D eigenvalue weighted by Crippen LogP contribution is 2.43. The Morgan fingerprint density at radius 1 is 1.47 bits per heavy atom. The fourth-order valence-corrected chi connectivity index (χ4v) is 2.83. The van der Waals surface area contributed by atoms with Crippen molar-refractivity contribution in [3.05, 3.63) is 29.6 Å². The van der Waals surface area contributed by atoms with E-state index in [9.17, 15) is 9.90 Å². The van der Waals surface area contributed by atoms with E-state index in [1.54, 1.807) is 0 Å². The zero-order chi connectivity index (χ0) is 13.6. The second-order valence-corrected chi connectivity index (χ2v) is 5.54. The molecule has 4 nitrogen and oxygen atoms in total. The smallest absolute Gasteiger partial charge is 0.171 e. The first-order chi connectivity index (χ1) is 9.07. The van der Waals surface area contributed by atoms with Crippen LogP contribution in [0.4, 0.5) is 0 Å². The summed E-state index contributed by atoms with van der Waals surface area (Å²) in [5.74, 6) is 0.992. The fraction of sp³-hybridized carbons (Fsp3) is 0.467. The van der Waals surface area contributed by atoms with Crippen LogP contribution in [0.15, 0.2) is 18.2 Å². The molecule has 100 valence electrons. The number of aromatic nitrogens is 2. The molecule has 1 aromatic carbocycles. The average molecular weight is 258 g/mol. The van der Waals surface area contributed by atoms with Gasteiger partial charge in [0.15, 0.2) is 5.78 Å². The van der Waals surface area contributed by atoms with Gasteiger partial charge in [0.1, 0.15) is 5.82 Å². The molecule has 0 amide bonds. The van der Waals surface area contributed by atoms with Crippen molar-refractivity contribution in [2.75, 3.05) is 6.61 Å². The first kappa shape index (κ1) is 12.4. The quantitative estimate of drug-likeness (QED) is 0.859. The molecule has 1 fully saturated rings. The second kappa shape index (κ2) is 4.17. The molecule has 0 aliphatic heterocycles. The number of hydrogen-bond donors (Lipinski definition) is 1. The molecular formula is C15H18N2O2. The van der Waals surface area contributed by atoms with Gasteiger partial charge in [0.05, 0.1) is 23.1 Å². The van der Waals surface area contributed by atoms with E-state index >= 15 is 0 Å². The molecule has 0 saturated heterocycles. The van der Waals surface area contributed by atoms with Crippen LogP contribution in [0, 0.1) is 12.3 Å². The van der Waals surface area contributed by atoms with Crippen molar-refractivity contribution in [2.24, 2.45) is 12.5 Å². The minimum Gasteiger partial charge on any atom is -0.395 e. The van der Waals surface area contributed by atoms with E-state index < -0.39 is 5.41 Å². The van der Waals surface area contributed by atoms with Crippen molar-refractivity contribution in [3.8, 4) is 0 Å². The summed E-state index contributed by atoms with van der Waals surface area (Å²) in [7, 11) is 1.97. The van der Waals surface area contributed by atoms with Crippen molar-refractivity contribution >= 4 is 16.8 Å². The number of carbonyl (C=O) groups excluding carboxylic acids is 1. The zero-order valence-electron chi connectivity index (χ0n) is 11.3. The Labute approximate surface area is 112 Å². The zero-order valence-corrected chi connectivity index (χ0v) is 11.3. The molecule has 4 heteroatoms. The summed E-state index contributed by atoms with van der Waals surface area (Å²) in [6.07, 6.45) is 2.61. The Morgan fingerprint density at radius 2 is 2.21 bits per heavy atom. The summed E-state index contributed by atoms with van der Waals surface area (Å²) >= 11 is 0. The fourth-order valence-electron chi connectivity index (χ4n) is 2.83. The lowest BCUT2D eigenvalue weighted by molar-refractivity contribution is 0.0348. The van der Waals surface area contributed by atoms with Gasteiger partial charge in [-0.05, 0) is 38.0 Å². The van der Waals surface area contributed by atoms with Crippen LogP contribution in [-0.2, 0) is 7.05 Å². The van der Waals surface area contributed by atoms with Gasteiger partial charge in [-0.15, -0.1) is 0 Å². The molecule has 3 rings (SSSR count). The summed E-state index contributed by atoms with van der Waals surface area (Å²) in [4.78, 5) is 17.0. The van der Waals surface area contributed by atoms with Gasteiger partial charge in [0.25, 0.3) is 0 Å². The molecule has 0 radical (unpaired) electrons. The largest absolute Gasteiger partial charge is 0.395 e. The minimum atomic E-state index is -0.530. The van der Waals surface area contributed by atoms with Crippen LogP contribution in [-0.4, -0.2) is 27.0 Å². The van der Waals surface area contributed by atoms with E-state index in [1.807, 2.05) is 36.7 Å². The third-order valence-corrected chi connectivity index (χ3v) is 4.46. The lowest BCUT2D eigenvalue weighted by Crippen LogP contribution is -2.41. The van der Waals surface area contributed by atoms with E-state index in [0.717, 1.165) is 36.1 Å². The number of fused-ring (bicyclic) bond motifs is 1. The maximum atomic E-state index is 12.5. The lowest BCUT2D eigenvalue weighted by Gasteiger charge is -2.38. The SMILES string of the molecule is Cc1nc2cc(C(=O)C3(CO)CCC3)ccc2n1C. The second-order valence-electron chi connectivity index (χ2n) is 5.54. The van der Waals surface area contributed by atoms with Crippen LogP contribution < -0.4 is 0 Å². The van der Waals surface area contributed by atoms with E-state index in [0.29, 0.717) is 5.56 Å². The number of carbonyl (C=O) groups is 1. The Morgan fingerprint density at radius 3 is 2.79 bits per heavy atom. The Bertz CT molecular complexity index is 648. The number of imidazole rings is 1. The maximum absolute atomic E-state index is 12.5. The summed E-state index contributed by atoms with van der Waals surface area (Å²) in [5.41, 5.74) is 2.01. The number of ketones is 1. The molecule has 1 heterocycles. The highest BCUT2D eigenvalue weighted by atomic mass is 16.3. The number of aliphatic hydroxyl groups excluding tert-OH is 1. The first-order valence-electron chi connectivity index (χ1n) is 6.66. The number of benzene rings is 1. The predicted octanol–water partition coefficient (Wildman–Crippen LogP) is 2.23. The molecule has 2 aromatic rings. The van der Waals surface area contributed by atoms with Crippen LogP contribution in [0.3, 0.4) is 0 Å². The van der Waals surface area contributed by atoms with Crippen molar-refractivity contribution in [1.29, 1.82) is 0 Å². The molecular weight excluding hydrogens is 240 g/mol. The summed E-state index contributed by atoms with van der Waals surface area (Å²) < 4.78 is 2.01. The molecule has 19 heavy (non-hydrogen) atoms. The molecule has 1 N–H and O–H groups in total. The molecule has 1 aliphatic carbocycles. The van der Waals surface area contributed by atoms with Crippen molar-refractivity contribution in [1.82, 2.24) is 9.55 Å². The predicted molar refractivity (Wildman–Crippen MR) is 73.2 cm³/mol. The minimum absolute atomic E-state index is 0.0505. The number of Topliss-reactive ketones (excluding diaryl/α,β-unsaturated/α-hetero) is 1. The highest BCUT2D eigenvalue weighted by molar-refractivity contribution is 6.03. The normalized spacial score (nSPS) is 17.4. The third-order valence-electron chi connectivity index (χ3n) is 4.46. The number of hydrogen-bond acceptors (Lipinski definition) is 3. The van der Waals surface area contributed by atoms with Gasteiger partial charge in [0.2, 0.25) is 0 Å². The lowest BCUT2D eigenvalue weighted by atomic mass is 9.65. The van der Waals surface area contributed by atoms with Gasteiger partial charge in [-0.25, -0.2) is 4.98 Å². The average Bonchev–Trinajstić information content (AvgIpc) is 2.64. The van der Waals surface area contributed by atoms with Crippen LogP contribution in [0.2, 0.25) is 0 Å². The van der Waals surface area contributed by atoms with Gasteiger partial charge in [-0.1, -0.05) is 6.42 Å². The maximum Gasteiger partial charge on any atom is 0.171 e. The van der Waals surface area contributed by atoms with Crippen molar-refractivity contribution in [3.63, 3.8) is 0 Å². The highest BCUT2D eigenvalue weighted by Gasteiger charge is 2.43. The Balaban J connectivity index is 2.04. The molecule has 0 spiro atoms. The standard InChI is InChI=1S/C15H18N2O2/c1-10-16-12-8-11(4-5-13(12)17(10)2)14(19)15(9-18)6-3-7-15/h4-5,8,18H,3,6-7,9H2,1-2H3. The van der Waals surface area contributed by atoms with Gasteiger partial charge in [0, 0.05) is 12.6 Å². The number of aliphatic hydroxyl groups is 1.